The lowest BCUT2D eigenvalue weighted by Crippen LogP contribution is -2.48. The van der Waals surface area contributed by atoms with Crippen molar-refractivity contribution in [2.24, 2.45) is 0 Å². The van der Waals surface area contributed by atoms with Crippen LogP contribution in [0.25, 0.3) is 11.3 Å². The Kier molecular flexibility index (Phi) is 5.91. The molecule has 0 aromatic carbocycles. The molecule has 3 fully saturated rings. The van der Waals surface area contributed by atoms with E-state index < -0.39 is 5.79 Å². The molecule has 4 aliphatic rings. The number of halogens is 1. The van der Waals surface area contributed by atoms with Crippen molar-refractivity contribution in [3.05, 3.63) is 41.8 Å². The average molecular weight is 552 g/mol. The molecule has 2 unspecified atom stereocenters. The first-order chi connectivity index (χ1) is 18.8. The summed E-state index contributed by atoms with van der Waals surface area (Å²) in [4.78, 5) is 26.9. The van der Waals surface area contributed by atoms with Crippen molar-refractivity contribution in [2.45, 2.75) is 57.1 Å². The van der Waals surface area contributed by atoms with Gasteiger partial charge in [-0.3, -0.25) is 9.58 Å². The molecule has 2 saturated heterocycles. The molecule has 0 radical (unpaired) electrons. The number of hydrogen-bond donors (Lipinski definition) is 1. The van der Waals surface area contributed by atoms with Crippen LogP contribution in [0.3, 0.4) is 0 Å². The third-order valence-electron chi connectivity index (χ3n) is 7.52. The van der Waals surface area contributed by atoms with Crippen molar-refractivity contribution in [1.29, 1.82) is 0 Å². The van der Waals surface area contributed by atoms with E-state index in [1.54, 1.807) is 29.4 Å². The Bertz CT molecular complexity index is 1420. The van der Waals surface area contributed by atoms with Crippen LogP contribution >= 0.6 is 11.6 Å². The van der Waals surface area contributed by atoms with Crippen LogP contribution in [0.5, 0.6) is 5.88 Å². The smallest absolute Gasteiger partial charge is 0.327 e. The number of nitrogens with one attached hydrogen (secondary N) is 1. The number of hydrogen-bond acceptors (Lipinski definition) is 8. The van der Waals surface area contributed by atoms with Gasteiger partial charge in [0.2, 0.25) is 5.88 Å². The minimum atomic E-state index is -0.617. The van der Waals surface area contributed by atoms with Gasteiger partial charge in [-0.25, -0.2) is 14.8 Å². The van der Waals surface area contributed by atoms with Crippen LogP contribution in [-0.2, 0) is 9.47 Å². The van der Waals surface area contributed by atoms with Gasteiger partial charge in [0, 0.05) is 42.8 Å². The molecule has 12 heteroatoms. The summed E-state index contributed by atoms with van der Waals surface area (Å²) in [5.74, 6) is 0.381. The topological polar surface area (TPSA) is 107 Å². The monoisotopic (exact) mass is 551 g/mol. The number of anilines is 3. The molecule has 1 saturated carbocycles. The predicted molar refractivity (Wildman–Crippen MR) is 145 cm³/mol. The average Bonchev–Trinajstić information content (AvgIpc) is 3.32. The minimum absolute atomic E-state index is 0.00800. The molecule has 39 heavy (non-hydrogen) atoms. The molecule has 7 rings (SSSR count). The van der Waals surface area contributed by atoms with E-state index in [-0.39, 0.29) is 18.2 Å². The molecule has 3 aromatic heterocycles. The summed E-state index contributed by atoms with van der Waals surface area (Å²) in [5, 5.41) is 8.07. The summed E-state index contributed by atoms with van der Waals surface area (Å²) in [6, 6.07) is 5.57. The molecular weight excluding hydrogens is 522 g/mol. The van der Waals surface area contributed by atoms with E-state index in [4.69, 9.17) is 30.8 Å². The zero-order valence-corrected chi connectivity index (χ0v) is 22.6. The molecule has 2 bridgehead atoms. The lowest BCUT2D eigenvalue weighted by Gasteiger charge is -2.36. The Hall–Kier alpha value is -3.41. The van der Waals surface area contributed by atoms with Crippen LogP contribution < -0.4 is 19.9 Å². The number of aromatic nitrogens is 4. The van der Waals surface area contributed by atoms with Crippen LogP contribution in [0, 0.1) is 0 Å². The van der Waals surface area contributed by atoms with Gasteiger partial charge in [-0.1, -0.05) is 11.6 Å². The lowest BCUT2D eigenvalue weighted by atomic mass is 10.1. The number of carbonyl (C=O) groups excluding carboxylic acids is 1. The molecule has 1 N–H and O–H groups in total. The number of fused-ring (bicyclic) bond motifs is 4. The van der Waals surface area contributed by atoms with Crippen molar-refractivity contribution < 1.29 is 19.0 Å². The fourth-order valence-electron chi connectivity index (χ4n) is 5.46. The molecule has 2 amide bonds. The quantitative estimate of drug-likeness (QED) is 0.477. The van der Waals surface area contributed by atoms with Gasteiger partial charge in [-0.05, 0) is 45.2 Å². The number of ether oxygens (including phenoxy) is 3. The second-order valence-electron chi connectivity index (χ2n) is 10.9. The first-order valence-corrected chi connectivity index (χ1v) is 13.7. The molecule has 3 aliphatic heterocycles. The first-order valence-electron chi connectivity index (χ1n) is 13.3. The highest BCUT2D eigenvalue weighted by atomic mass is 35.5. The van der Waals surface area contributed by atoms with E-state index in [1.807, 2.05) is 30.8 Å². The largest absolute Gasteiger partial charge is 0.475 e. The molecule has 204 valence electrons. The van der Waals surface area contributed by atoms with Crippen molar-refractivity contribution >= 4 is 34.8 Å². The molecule has 2 atom stereocenters. The fraction of sp³-hybridized carbons (Fsp3) is 0.481. The summed E-state index contributed by atoms with van der Waals surface area (Å²) >= 11 is 6.72. The summed E-state index contributed by atoms with van der Waals surface area (Å²) in [5.41, 5.74) is 2.92. The van der Waals surface area contributed by atoms with Crippen LogP contribution in [0.2, 0.25) is 5.02 Å². The van der Waals surface area contributed by atoms with Gasteiger partial charge < -0.3 is 24.4 Å². The third kappa shape index (κ3) is 4.79. The number of urea groups is 1. The van der Waals surface area contributed by atoms with E-state index in [2.05, 4.69) is 20.3 Å². The minimum Gasteiger partial charge on any atom is -0.475 e. The van der Waals surface area contributed by atoms with Crippen molar-refractivity contribution in [3.63, 3.8) is 0 Å². The summed E-state index contributed by atoms with van der Waals surface area (Å²) in [6.45, 7) is 6.08. The van der Waals surface area contributed by atoms with E-state index in [0.717, 1.165) is 43.6 Å². The van der Waals surface area contributed by atoms with Gasteiger partial charge >= 0.3 is 6.03 Å². The summed E-state index contributed by atoms with van der Waals surface area (Å²) in [7, 11) is 0. The predicted octanol–water partition coefficient (Wildman–Crippen LogP) is 4.49. The standard InChI is InChI=1S/C27H30ClN7O4/c1-27(2)38-15-20(39-27)14-37-23-9-17(5-7-29-23)31-26(36)35-19-6-8-33(13-19)22-10-21(28)24(32-25(22)35)16-11-30-34(12-16)18-3-4-18/h5,7,9-12,18-20H,3-4,6,8,13-15H2,1-2H3,(H,29,31,36). The number of rotatable bonds is 6. The number of nitrogens with zero attached hydrogens (tertiary/aromatic N) is 6. The zero-order chi connectivity index (χ0) is 26.7. The van der Waals surface area contributed by atoms with Crippen LogP contribution in [0.4, 0.5) is 22.0 Å². The van der Waals surface area contributed by atoms with Gasteiger partial charge in [0.1, 0.15) is 12.7 Å². The van der Waals surface area contributed by atoms with E-state index in [9.17, 15) is 4.79 Å². The van der Waals surface area contributed by atoms with Crippen molar-refractivity contribution in [2.75, 3.05) is 41.4 Å². The SMILES string of the molecule is CC1(C)OCC(COc2cc(NC(=O)N3c4nc(-c5cnn(C6CC6)c5)c(Cl)cc4N4CCC3C4)ccn2)O1. The Morgan fingerprint density at radius 3 is 2.92 bits per heavy atom. The normalized spacial score (nSPS) is 23.2. The Balaban J connectivity index is 1.12. The second kappa shape index (κ2) is 9.35. The van der Waals surface area contributed by atoms with Crippen LogP contribution in [-0.4, -0.2) is 70.0 Å². The third-order valence-corrected chi connectivity index (χ3v) is 7.81. The van der Waals surface area contributed by atoms with E-state index in [1.165, 1.54) is 0 Å². The maximum atomic E-state index is 13.7. The maximum absolute atomic E-state index is 13.7. The van der Waals surface area contributed by atoms with Gasteiger partial charge in [0.15, 0.2) is 11.6 Å². The Labute approximate surface area is 231 Å². The lowest BCUT2D eigenvalue weighted by molar-refractivity contribution is -0.141. The maximum Gasteiger partial charge on any atom is 0.327 e. The molecule has 0 spiro atoms. The van der Waals surface area contributed by atoms with E-state index >= 15 is 0 Å². The highest BCUT2D eigenvalue weighted by molar-refractivity contribution is 6.33. The van der Waals surface area contributed by atoms with Gasteiger partial charge in [-0.2, -0.15) is 5.10 Å². The second-order valence-corrected chi connectivity index (χ2v) is 11.3. The van der Waals surface area contributed by atoms with Gasteiger partial charge in [0.05, 0.1) is 41.3 Å². The first kappa shape index (κ1) is 24.6. The van der Waals surface area contributed by atoms with Crippen molar-refractivity contribution in [1.82, 2.24) is 19.7 Å². The summed E-state index contributed by atoms with van der Waals surface area (Å²) < 4.78 is 19.2. The van der Waals surface area contributed by atoms with Crippen LogP contribution in [0.15, 0.2) is 36.8 Å². The Morgan fingerprint density at radius 2 is 2.13 bits per heavy atom. The molecule has 11 nitrogen and oxygen atoms in total. The van der Waals surface area contributed by atoms with Gasteiger partial charge in [-0.15, -0.1) is 0 Å². The Morgan fingerprint density at radius 1 is 1.26 bits per heavy atom. The van der Waals surface area contributed by atoms with Crippen molar-refractivity contribution in [3.8, 4) is 17.1 Å². The molecule has 3 aromatic rings. The number of pyridine rings is 2. The number of amides is 2. The van der Waals surface area contributed by atoms with E-state index in [0.29, 0.717) is 47.4 Å². The fourth-order valence-corrected chi connectivity index (χ4v) is 5.72. The molecule has 6 heterocycles. The molecule has 1 aliphatic carbocycles. The number of carbonyl (C=O) groups is 1. The highest BCUT2D eigenvalue weighted by Gasteiger charge is 2.41. The van der Waals surface area contributed by atoms with Gasteiger partial charge in [0.25, 0.3) is 0 Å². The van der Waals surface area contributed by atoms with Crippen LogP contribution in [0.1, 0.15) is 39.2 Å². The zero-order valence-electron chi connectivity index (χ0n) is 21.8. The highest BCUT2D eigenvalue weighted by Crippen LogP contribution is 2.43. The summed E-state index contributed by atoms with van der Waals surface area (Å²) in [6.07, 6.45) is 8.33. The molecular formula is C27H30ClN7O4.